The molecule has 0 aromatic rings. The number of esters is 1. The molecule has 0 radical (unpaired) electrons. The first-order valence-corrected chi connectivity index (χ1v) is 11.2. The highest BCUT2D eigenvalue weighted by Crippen LogP contribution is 2.67. The lowest BCUT2D eigenvalue weighted by Gasteiger charge is -2.62. The standard InChI is InChI=1S/C24H34O4/c1-14(25)28-21-8-7-17-16-6-5-15-11-20(26)19-12-24(15,13-27-22(19,2)3)18(16)9-10-23(17,21)4/h11,16-19,21H,5-10,12-13H2,1-4H3. The number of carbonyl (C=O) groups is 2. The molecule has 154 valence electrons. The average Bonchev–Trinajstić information content (AvgIpc) is 2.95. The number of ether oxygens (including phenoxy) is 2. The summed E-state index contributed by atoms with van der Waals surface area (Å²) in [6, 6.07) is 0. The lowest BCUT2D eigenvalue weighted by molar-refractivity contribution is -0.191. The molecule has 4 aliphatic carbocycles. The Morgan fingerprint density at radius 2 is 1.93 bits per heavy atom. The van der Waals surface area contributed by atoms with Gasteiger partial charge in [-0.2, -0.15) is 0 Å². The highest BCUT2D eigenvalue weighted by molar-refractivity contribution is 5.95. The van der Waals surface area contributed by atoms with Crippen molar-refractivity contribution in [1.82, 2.24) is 0 Å². The molecule has 28 heavy (non-hydrogen) atoms. The largest absolute Gasteiger partial charge is 0.462 e. The van der Waals surface area contributed by atoms with Gasteiger partial charge in [0.05, 0.1) is 18.1 Å². The quantitative estimate of drug-likeness (QED) is 0.624. The molecule has 7 unspecified atom stereocenters. The maximum absolute atomic E-state index is 12.8. The van der Waals surface area contributed by atoms with Crippen molar-refractivity contribution in [2.45, 2.75) is 84.3 Å². The van der Waals surface area contributed by atoms with Crippen LogP contribution in [0.2, 0.25) is 0 Å². The molecule has 5 rings (SSSR count). The molecule has 4 fully saturated rings. The van der Waals surface area contributed by atoms with E-state index >= 15 is 0 Å². The van der Waals surface area contributed by atoms with Gasteiger partial charge in [-0.15, -0.1) is 0 Å². The number of carbonyl (C=O) groups excluding carboxylic acids is 2. The molecule has 5 aliphatic rings. The zero-order valence-electron chi connectivity index (χ0n) is 17.8. The van der Waals surface area contributed by atoms with Crippen LogP contribution < -0.4 is 0 Å². The minimum atomic E-state index is -0.353. The molecule has 4 heteroatoms. The van der Waals surface area contributed by atoms with Crippen LogP contribution in [0.4, 0.5) is 0 Å². The molecule has 0 aromatic carbocycles. The fourth-order valence-corrected chi connectivity index (χ4v) is 8.03. The monoisotopic (exact) mass is 386 g/mol. The van der Waals surface area contributed by atoms with Crippen molar-refractivity contribution in [3.8, 4) is 0 Å². The first kappa shape index (κ1) is 18.8. The van der Waals surface area contributed by atoms with Crippen LogP contribution in [-0.2, 0) is 19.1 Å². The predicted molar refractivity (Wildman–Crippen MR) is 105 cm³/mol. The van der Waals surface area contributed by atoms with Gasteiger partial charge in [0.15, 0.2) is 5.78 Å². The minimum Gasteiger partial charge on any atom is -0.462 e. The van der Waals surface area contributed by atoms with E-state index in [0.717, 1.165) is 38.7 Å². The third-order valence-corrected chi connectivity index (χ3v) is 9.52. The van der Waals surface area contributed by atoms with Gasteiger partial charge in [0.1, 0.15) is 6.10 Å². The van der Waals surface area contributed by atoms with E-state index in [1.165, 1.54) is 18.4 Å². The Morgan fingerprint density at radius 3 is 2.68 bits per heavy atom. The maximum atomic E-state index is 12.8. The van der Waals surface area contributed by atoms with E-state index in [9.17, 15) is 9.59 Å². The zero-order valence-corrected chi connectivity index (χ0v) is 17.8. The van der Waals surface area contributed by atoms with Gasteiger partial charge in [-0.05, 0) is 82.6 Å². The van der Waals surface area contributed by atoms with Crippen LogP contribution in [0.5, 0.6) is 0 Å². The lowest BCUT2D eigenvalue weighted by Crippen LogP contribution is -2.60. The van der Waals surface area contributed by atoms with Crippen molar-refractivity contribution in [3.63, 3.8) is 0 Å². The number of fused-ring (bicyclic) bond motifs is 4. The number of rotatable bonds is 1. The lowest BCUT2D eigenvalue weighted by atomic mass is 9.45. The number of hydrogen-bond acceptors (Lipinski definition) is 4. The molecular formula is C24H34O4. The number of hydrogen-bond donors (Lipinski definition) is 0. The molecule has 1 saturated heterocycles. The SMILES string of the molecule is CC(=O)OC1CCC2C3CCC4=CC(=O)C5CC4(COC5(C)C)C3CCC12C. The Hall–Kier alpha value is -1.16. The van der Waals surface area contributed by atoms with E-state index in [2.05, 4.69) is 20.8 Å². The minimum absolute atomic E-state index is 0.00515. The van der Waals surface area contributed by atoms with E-state index < -0.39 is 0 Å². The highest BCUT2D eigenvalue weighted by atomic mass is 16.5. The summed E-state index contributed by atoms with van der Waals surface area (Å²) in [5, 5.41) is 0. The third kappa shape index (κ3) is 2.39. The van der Waals surface area contributed by atoms with Crippen molar-refractivity contribution in [3.05, 3.63) is 11.6 Å². The Kier molecular flexibility index (Phi) is 3.99. The van der Waals surface area contributed by atoms with Crippen LogP contribution in [-0.4, -0.2) is 30.1 Å². The molecule has 0 amide bonds. The summed E-state index contributed by atoms with van der Waals surface area (Å²) >= 11 is 0. The molecular weight excluding hydrogens is 352 g/mol. The van der Waals surface area contributed by atoms with Gasteiger partial charge in [0.25, 0.3) is 0 Å². The van der Waals surface area contributed by atoms with E-state index in [0.29, 0.717) is 17.8 Å². The fraction of sp³-hybridized carbons (Fsp3) is 0.833. The molecule has 7 atom stereocenters. The fourth-order valence-electron chi connectivity index (χ4n) is 8.03. The molecule has 1 spiro atoms. The summed E-state index contributed by atoms with van der Waals surface area (Å²) in [4.78, 5) is 24.4. The first-order chi connectivity index (χ1) is 13.2. The summed E-state index contributed by atoms with van der Waals surface area (Å²) in [7, 11) is 0. The summed E-state index contributed by atoms with van der Waals surface area (Å²) in [6.45, 7) is 8.85. The molecule has 1 heterocycles. The van der Waals surface area contributed by atoms with Crippen molar-refractivity contribution in [2.24, 2.45) is 34.5 Å². The van der Waals surface area contributed by atoms with Gasteiger partial charge in [-0.1, -0.05) is 12.5 Å². The smallest absolute Gasteiger partial charge is 0.302 e. The normalized spacial score (nSPS) is 48.8. The number of ketones is 1. The average molecular weight is 387 g/mol. The topological polar surface area (TPSA) is 52.6 Å². The third-order valence-electron chi connectivity index (χ3n) is 9.52. The van der Waals surface area contributed by atoms with Gasteiger partial charge < -0.3 is 9.47 Å². The van der Waals surface area contributed by atoms with Gasteiger partial charge in [0, 0.05) is 17.8 Å². The van der Waals surface area contributed by atoms with E-state index in [4.69, 9.17) is 9.47 Å². The Balaban J connectivity index is 1.48. The highest BCUT2D eigenvalue weighted by Gasteiger charge is 2.64. The molecule has 1 aliphatic heterocycles. The van der Waals surface area contributed by atoms with Crippen LogP contribution in [0.15, 0.2) is 11.6 Å². The van der Waals surface area contributed by atoms with Crippen LogP contribution in [0, 0.1) is 34.5 Å². The van der Waals surface area contributed by atoms with Crippen molar-refractivity contribution in [1.29, 1.82) is 0 Å². The first-order valence-electron chi connectivity index (χ1n) is 11.2. The summed E-state index contributed by atoms with van der Waals surface area (Å²) in [6.07, 6.45) is 9.73. The van der Waals surface area contributed by atoms with Crippen LogP contribution >= 0.6 is 0 Å². The van der Waals surface area contributed by atoms with E-state index in [-0.39, 0.29) is 40.2 Å². The molecule has 3 saturated carbocycles. The Labute approximate surface area is 168 Å². The van der Waals surface area contributed by atoms with Crippen LogP contribution in [0.25, 0.3) is 0 Å². The van der Waals surface area contributed by atoms with E-state index in [1.54, 1.807) is 6.92 Å². The van der Waals surface area contributed by atoms with Crippen LogP contribution in [0.3, 0.4) is 0 Å². The van der Waals surface area contributed by atoms with Crippen molar-refractivity contribution < 1.29 is 19.1 Å². The molecule has 4 nitrogen and oxygen atoms in total. The second-order valence-corrected chi connectivity index (χ2v) is 11.0. The van der Waals surface area contributed by atoms with Crippen LogP contribution in [0.1, 0.15) is 72.6 Å². The van der Waals surface area contributed by atoms with Gasteiger partial charge in [-0.3, -0.25) is 9.59 Å². The van der Waals surface area contributed by atoms with E-state index in [1.807, 2.05) is 6.08 Å². The van der Waals surface area contributed by atoms with Gasteiger partial charge in [-0.25, -0.2) is 0 Å². The second-order valence-electron chi connectivity index (χ2n) is 11.0. The second kappa shape index (κ2) is 5.93. The predicted octanol–water partition coefficient (Wildman–Crippen LogP) is 4.47. The van der Waals surface area contributed by atoms with Crippen molar-refractivity contribution in [2.75, 3.05) is 6.61 Å². The molecule has 0 aromatic heterocycles. The van der Waals surface area contributed by atoms with Gasteiger partial charge >= 0.3 is 5.97 Å². The summed E-state index contributed by atoms with van der Waals surface area (Å²) in [5.41, 5.74) is 1.21. The summed E-state index contributed by atoms with van der Waals surface area (Å²) < 4.78 is 12.2. The van der Waals surface area contributed by atoms with Gasteiger partial charge in [0.2, 0.25) is 0 Å². The Bertz CT molecular complexity index is 752. The Morgan fingerprint density at radius 1 is 1.14 bits per heavy atom. The zero-order chi connectivity index (χ0) is 19.9. The van der Waals surface area contributed by atoms with Crippen molar-refractivity contribution >= 4 is 11.8 Å². The molecule has 2 bridgehead atoms. The summed E-state index contributed by atoms with van der Waals surface area (Å²) in [5.74, 6) is 2.03. The maximum Gasteiger partial charge on any atom is 0.302 e. The molecule has 0 N–H and O–H groups in total.